The van der Waals surface area contributed by atoms with Gasteiger partial charge in [-0.3, -0.25) is 9.97 Å². The number of thioether (sulfide) groups is 1. The van der Waals surface area contributed by atoms with Gasteiger partial charge in [0.2, 0.25) is 0 Å². The van der Waals surface area contributed by atoms with Gasteiger partial charge in [-0.2, -0.15) is 0 Å². The number of pyridine rings is 2. The molecule has 0 spiro atoms. The van der Waals surface area contributed by atoms with Crippen molar-refractivity contribution in [3.8, 4) is 22.8 Å². The molecule has 0 saturated carbocycles. The summed E-state index contributed by atoms with van der Waals surface area (Å²) < 4.78 is 0. The third kappa shape index (κ3) is 2.67. The highest BCUT2D eigenvalue weighted by Gasteiger charge is 2.08. The molecule has 0 saturated heterocycles. The maximum atomic E-state index is 4.59. The van der Waals surface area contributed by atoms with Crippen molar-refractivity contribution in [2.45, 2.75) is 5.03 Å². The summed E-state index contributed by atoms with van der Waals surface area (Å²) >= 11 is 1.59. The first-order valence-electron chi connectivity index (χ1n) is 6.12. The molecule has 0 radical (unpaired) electrons. The van der Waals surface area contributed by atoms with E-state index < -0.39 is 0 Å². The van der Waals surface area contributed by atoms with E-state index in [0.29, 0.717) is 5.82 Å². The van der Waals surface area contributed by atoms with Gasteiger partial charge in [0.25, 0.3) is 0 Å². The third-order valence-electron chi connectivity index (χ3n) is 2.76. The maximum Gasteiger partial charge on any atom is 0.162 e. The van der Waals surface area contributed by atoms with E-state index >= 15 is 0 Å². The molecule has 3 aromatic heterocycles. The summed E-state index contributed by atoms with van der Waals surface area (Å²) in [5.74, 6) is 0.672. The number of hydrogen-bond donors (Lipinski definition) is 0. The van der Waals surface area contributed by atoms with Crippen LogP contribution in [0.1, 0.15) is 0 Å². The van der Waals surface area contributed by atoms with E-state index in [2.05, 4.69) is 19.9 Å². The van der Waals surface area contributed by atoms with E-state index in [-0.39, 0.29) is 0 Å². The largest absolute Gasteiger partial charge is 0.264 e. The zero-order chi connectivity index (χ0) is 13.8. The summed E-state index contributed by atoms with van der Waals surface area (Å²) in [4.78, 5) is 17.6. The predicted molar refractivity (Wildman–Crippen MR) is 80.3 cm³/mol. The first kappa shape index (κ1) is 12.7. The van der Waals surface area contributed by atoms with Crippen LogP contribution in [0.25, 0.3) is 22.8 Å². The van der Waals surface area contributed by atoms with E-state index in [1.165, 1.54) is 0 Å². The SMILES string of the molecule is CSc1cc(-c2ccccn2)nc(-c2cccnc2)n1. The highest BCUT2D eigenvalue weighted by atomic mass is 32.2. The molecule has 0 aliphatic rings. The number of hydrogen-bond acceptors (Lipinski definition) is 5. The fraction of sp³-hybridized carbons (Fsp3) is 0.0667. The lowest BCUT2D eigenvalue weighted by Gasteiger charge is -2.06. The summed E-state index contributed by atoms with van der Waals surface area (Å²) in [6.07, 6.45) is 7.26. The summed E-state index contributed by atoms with van der Waals surface area (Å²) in [5, 5.41) is 0.916. The summed E-state index contributed by atoms with van der Waals surface area (Å²) in [5.41, 5.74) is 2.57. The van der Waals surface area contributed by atoms with Crippen molar-refractivity contribution < 1.29 is 0 Å². The van der Waals surface area contributed by atoms with Crippen molar-refractivity contribution in [3.63, 3.8) is 0 Å². The smallest absolute Gasteiger partial charge is 0.162 e. The van der Waals surface area contributed by atoms with Gasteiger partial charge < -0.3 is 0 Å². The molecule has 0 amide bonds. The quantitative estimate of drug-likeness (QED) is 0.544. The Labute approximate surface area is 121 Å². The molecule has 3 aromatic rings. The van der Waals surface area contributed by atoms with Crippen molar-refractivity contribution in [1.82, 2.24) is 19.9 Å². The van der Waals surface area contributed by atoms with Gasteiger partial charge in [0.1, 0.15) is 5.03 Å². The van der Waals surface area contributed by atoms with Crippen LogP contribution in [0.15, 0.2) is 60.0 Å². The second-order valence-electron chi connectivity index (χ2n) is 4.08. The first-order chi connectivity index (χ1) is 9.86. The minimum absolute atomic E-state index is 0.672. The summed E-state index contributed by atoms with van der Waals surface area (Å²) in [7, 11) is 0. The Kier molecular flexibility index (Phi) is 3.69. The molecule has 5 heteroatoms. The van der Waals surface area contributed by atoms with Crippen molar-refractivity contribution >= 4 is 11.8 Å². The monoisotopic (exact) mass is 280 g/mol. The van der Waals surface area contributed by atoms with Crippen molar-refractivity contribution in [2.24, 2.45) is 0 Å². The second-order valence-corrected chi connectivity index (χ2v) is 4.90. The van der Waals surface area contributed by atoms with E-state index in [9.17, 15) is 0 Å². The maximum absolute atomic E-state index is 4.59. The third-order valence-corrected chi connectivity index (χ3v) is 3.39. The van der Waals surface area contributed by atoms with Crippen molar-refractivity contribution in [1.29, 1.82) is 0 Å². The molecule has 3 rings (SSSR count). The molecule has 0 aliphatic heterocycles. The molecule has 98 valence electrons. The molecular formula is C15H12N4S. The van der Waals surface area contributed by atoms with Crippen LogP contribution in [0.5, 0.6) is 0 Å². The normalized spacial score (nSPS) is 10.4. The zero-order valence-corrected chi connectivity index (χ0v) is 11.7. The van der Waals surface area contributed by atoms with Gasteiger partial charge in [0.05, 0.1) is 11.4 Å². The van der Waals surface area contributed by atoms with Gasteiger partial charge in [0, 0.05) is 24.2 Å². The molecule has 20 heavy (non-hydrogen) atoms. The Balaban J connectivity index is 2.13. The Morgan fingerprint density at radius 2 is 1.90 bits per heavy atom. The standard InChI is InChI=1S/C15H12N4S/c1-20-14-9-13(12-6-2-3-8-17-12)18-15(19-14)11-5-4-7-16-10-11/h2-10H,1H3. The second kappa shape index (κ2) is 5.79. The predicted octanol–water partition coefficient (Wildman–Crippen LogP) is 3.32. The minimum atomic E-state index is 0.672. The Morgan fingerprint density at radius 1 is 0.950 bits per heavy atom. The summed E-state index contributed by atoms with van der Waals surface area (Å²) in [6, 6.07) is 11.6. The van der Waals surface area contributed by atoms with Crippen molar-refractivity contribution in [2.75, 3.05) is 6.26 Å². The van der Waals surface area contributed by atoms with Crippen LogP contribution < -0.4 is 0 Å². The van der Waals surface area contributed by atoms with E-state index in [0.717, 1.165) is 22.0 Å². The van der Waals surface area contributed by atoms with Gasteiger partial charge in [-0.05, 0) is 36.6 Å². The van der Waals surface area contributed by atoms with Gasteiger partial charge >= 0.3 is 0 Å². The Bertz CT molecular complexity index is 644. The van der Waals surface area contributed by atoms with Crippen LogP contribution in [-0.2, 0) is 0 Å². The van der Waals surface area contributed by atoms with Crippen LogP contribution >= 0.6 is 11.8 Å². The van der Waals surface area contributed by atoms with Gasteiger partial charge in [-0.25, -0.2) is 9.97 Å². The molecule has 0 N–H and O–H groups in total. The first-order valence-corrected chi connectivity index (χ1v) is 7.34. The molecule has 0 atom stereocenters. The Hall–Kier alpha value is -2.27. The fourth-order valence-corrected chi connectivity index (χ4v) is 2.21. The fourth-order valence-electron chi connectivity index (χ4n) is 1.80. The molecule has 0 fully saturated rings. The van der Waals surface area contributed by atoms with Gasteiger partial charge in [-0.15, -0.1) is 11.8 Å². The van der Waals surface area contributed by atoms with Crippen LogP contribution in [-0.4, -0.2) is 26.2 Å². The van der Waals surface area contributed by atoms with E-state index in [1.54, 1.807) is 30.4 Å². The number of nitrogens with zero attached hydrogens (tertiary/aromatic N) is 4. The molecule has 3 heterocycles. The van der Waals surface area contributed by atoms with Gasteiger partial charge in [0.15, 0.2) is 5.82 Å². The minimum Gasteiger partial charge on any atom is -0.264 e. The molecule has 0 unspecified atom stereocenters. The number of rotatable bonds is 3. The lowest BCUT2D eigenvalue weighted by molar-refractivity contribution is 1.05. The van der Waals surface area contributed by atoms with E-state index in [4.69, 9.17) is 0 Å². The lowest BCUT2D eigenvalue weighted by Crippen LogP contribution is -1.95. The highest BCUT2D eigenvalue weighted by Crippen LogP contribution is 2.24. The van der Waals surface area contributed by atoms with Crippen LogP contribution in [0.2, 0.25) is 0 Å². The van der Waals surface area contributed by atoms with Crippen molar-refractivity contribution in [3.05, 3.63) is 55.0 Å². The van der Waals surface area contributed by atoms with Crippen LogP contribution in [0.4, 0.5) is 0 Å². The molecule has 0 aromatic carbocycles. The average Bonchev–Trinajstić information content (AvgIpc) is 2.56. The molecule has 0 aliphatic carbocycles. The molecule has 0 bridgehead atoms. The van der Waals surface area contributed by atoms with E-state index in [1.807, 2.05) is 42.7 Å². The average molecular weight is 280 g/mol. The van der Waals surface area contributed by atoms with Crippen LogP contribution in [0, 0.1) is 0 Å². The zero-order valence-electron chi connectivity index (χ0n) is 10.9. The highest BCUT2D eigenvalue weighted by molar-refractivity contribution is 7.98. The lowest BCUT2D eigenvalue weighted by atomic mass is 10.2. The van der Waals surface area contributed by atoms with Crippen LogP contribution in [0.3, 0.4) is 0 Å². The number of aromatic nitrogens is 4. The topological polar surface area (TPSA) is 51.6 Å². The molecular weight excluding hydrogens is 268 g/mol. The Morgan fingerprint density at radius 3 is 2.60 bits per heavy atom. The molecule has 4 nitrogen and oxygen atoms in total. The summed E-state index contributed by atoms with van der Waals surface area (Å²) in [6.45, 7) is 0. The van der Waals surface area contributed by atoms with Gasteiger partial charge in [-0.1, -0.05) is 6.07 Å².